The summed E-state index contributed by atoms with van der Waals surface area (Å²) in [5.74, 6) is 0.0395. The number of rotatable bonds is 5. The first-order chi connectivity index (χ1) is 11.0. The minimum atomic E-state index is -3.77. The Kier molecular flexibility index (Phi) is 4.80. The molecular formula is C18H20O4S. The van der Waals surface area contributed by atoms with E-state index in [1.165, 1.54) is 0 Å². The third-order valence-corrected chi connectivity index (χ3v) is 5.39. The first-order valence-corrected chi connectivity index (χ1v) is 9.07. The van der Waals surface area contributed by atoms with Crippen LogP contribution in [0.1, 0.15) is 11.1 Å². The average Bonchev–Trinajstić information content (AvgIpc) is 2.95. The highest BCUT2D eigenvalue weighted by Crippen LogP contribution is 2.25. The Hall–Kier alpha value is -1.69. The lowest BCUT2D eigenvalue weighted by atomic mass is 9.97. The van der Waals surface area contributed by atoms with Crippen molar-refractivity contribution < 1.29 is 17.3 Å². The second-order valence-corrected chi connectivity index (χ2v) is 7.46. The van der Waals surface area contributed by atoms with E-state index in [0.717, 1.165) is 17.5 Å². The number of hydrogen-bond donors (Lipinski definition) is 0. The highest BCUT2D eigenvalue weighted by atomic mass is 32.2. The zero-order valence-electron chi connectivity index (χ0n) is 13.0. The van der Waals surface area contributed by atoms with E-state index >= 15 is 0 Å². The fourth-order valence-electron chi connectivity index (χ4n) is 2.72. The van der Waals surface area contributed by atoms with Crippen molar-refractivity contribution in [2.45, 2.75) is 24.3 Å². The van der Waals surface area contributed by atoms with Crippen LogP contribution in [0.25, 0.3) is 0 Å². The molecule has 0 N–H and O–H groups in total. The van der Waals surface area contributed by atoms with Crippen molar-refractivity contribution in [1.82, 2.24) is 0 Å². The molecule has 1 saturated heterocycles. The van der Waals surface area contributed by atoms with Crippen LogP contribution >= 0.6 is 0 Å². The molecule has 1 aliphatic rings. The summed E-state index contributed by atoms with van der Waals surface area (Å²) in [6.07, 6.45) is 0.302. The Balaban J connectivity index is 1.72. The van der Waals surface area contributed by atoms with Gasteiger partial charge in [-0.2, -0.15) is 8.42 Å². The van der Waals surface area contributed by atoms with Crippen LogP contribution < -0.4 is 0 Å². The molecule has 5 heteroatoms. The summed E-state index contributed by atoms with van der Waals surface area (Å²) in [5.41, 5.74) is 2.17. The topological polar surface area (TPSA) is 52.6 Å². The fourth-order valence-corrected chi connectivity index (χ4v) is 3.83. The molecule has 23 heavy (non-hydrogen) atoms. The van der Waals surface area contributed by atoms with Crippen molar-refractivity contribution in [2.24, 2.45) is 5.92 Å². The molecule has 0 amide bonds. The third-order valence-electron chi connectivity index (χ3n) is 4.04. The highest BCUT2D eigenvalue weighted by molar-refractivity contribution is 7.86. The van der Waals surface area contributed by atoms with E-state index in [1.807, 2.05) is 37.3 Å². The SMILES string of the molecule is Cc1ccc(S(=O)(=O)O[C@H]2COC[C@H]2Cc2ccccc2)cc1. The predicted octanol–water partition coefficient (Wildman–Crippen LogP) is 2.96. The predicted molar refractivity (Wildman–Crippen MR) is 87.7 cm³/mol. The molecule has 2 aromatic rings. The van der Waals surface area contributed by atoms with E-state index in [0.29, 0.717) is 13.2 Å². The van der Waals surface area contributed by atoms with Crippen molar-refractivity contribution in [1.29, 1.82) is 0 Å². The van der Waals surface area contributed by atoms with Crippen LogP contribution in [0.4, 0.5) is 0 Å². The van der Waals surface area contributed by atoms with E-state index in [-0.39, 0.29) is 10.8 Å². The van der Waals surface area contributed by atoms with Gasteiger partial charge in [-0.3, -0.25) is 4.18 Å². The quantitative estimate of drug-likeness (QED) is 0.790. The fraction of sp³-hybridized carbons (Fsp3) is 0.333. The third kappa shape index (κ3) is 3.99. The van der Waals surface area contributed by atoms with Gasteiger partial charge in [-0.05, 0) is 31.0 Å². The van der Waals surface area contributed by atoms with Gasteiger partial charge in [-0.15, -0.1) is 0 Å². The lowest BCUT2D eigenvalue weighted by Gasteiger charge is -2.18. The monoisotopic (exact) mass is 332 g/mol. The second kappa shape index (κ2) is 6.83. The van der Waals surface area contributed by atoms with Crippen molar-refractivity contribution in [3.63, 3.8) is 0 Å². The lowest BCUT2D eigenvalue weighted by Crippen LogP contribution is -2.27. The highest BCUT2D eigenvalue weighted by Gasteiger charge is 2.33. The first kappa shape index (κ1) is 16.2. The van der Waals surface area contributed by atoms with Crippen molar-refractivity contribution in [3.8, 4) is 0 Å². The van der Waals surface area contributed by atoms with Gasteiger partial charge in [-0.25, -0.2) is 0 Å². The largest absolute Gasteiger partial charge is 0.378 e. The van der Waals surface area contributed by atoms with Crippen LogP contribution in [0.15, 0.2) is 59.5 Å². The summed E-state index contributed by atoms with van der Waals surface area (Å²) < 4.78 is 35.7. The van der Waals surface area contributed by atoms with Crippen molar-refractivity contribution in [3.05, 3.63) is 65.7 Å². The normalized spacial score (nSPS) is 21.4. The van der Waals surface area contributed by atoms with Gasteiger partial charge in [0.2, 0.25) is 0 Å². The van der Waals surface area contributed by atoms with Gasteiger partial charge in [0.15, 0.2) is 0 Å². The van der Waals surface area contributed by atoms with Crippen LogP contribution in [0, 0.1) is 12.8 Å². The zero-order chi connectivity index (χ0) is 16.3. The molecule has 4 nitrogen and oxygen atoms in total. The molecule has 0 spiro atoms. The van der Waals surface area contributed by atoms with Crippen LogP contribution in [0.3, 0.4) is 0 Å². The molecule has 122 valence electrons. The van der Waals surface area contributed by atoms with E-state index in [4.69, 9.17) is 8.92 Å². The second-order valence-electron chi connectivity index (χ2n) is 5.89. The van der Waals surface area contributed by atoms with Crippen LogP contribution in [0.2, 0.25) is 0 Å². The molecule has 1 aliphatic heterocycles. The minimum absolute atomic E-state index is 0.0395. The number of hydrogen-bond acceptors (Lipinski definition) is 4. The van der Waals surface area contributed by atoms with E-state index < -0.39 is 16.2 Å². The molecule has 0 aromatic heterocycles. The molecule has 0 bridgehead atoms. The van der Waals surface area contributed by atoms with Gasteiger partial charge in [0.05, 0.1) is 18.1 Å². The minimum Gasteiger partial charge on any atom is -0.378 e. The number of ether oxygens (including phenoxy) is 1. The molecule has 0 aliphatic carbocycles. The molecule has 0 saturated carbocycles. The maximum Gasteiger partial charge on any atom is 0.297 e. The molecule has 0 radical (unpaired) electrons. The maximum atomic E-state index is 12.4. The lowest BCUT2D eigenvalue weighted by molar-refractivity contribution is 0.142. The van der Waals surface area contributed by atoms with Crippen LogP contribution in [-0.2, 0) is 25.5 Å². The van der Waals surface area contributed by atoms with Crippen molar-refractivity contribution >= 4 is 10.1 Å². The summed E-state index contributed by atoms with van der Waals surface area (Å²) in [4.78, 5) is 0.188. The molecule has 1 fully saturated rings. The zero-order valence-corrected chi connectivity index (χ0v) is 13.8. The molecule has 2 atom stereocenters. The Morgan fingerprint density at radius 3 is 2.43 bits per heavy atom. The molecular weight excluding hydrogens is 312 g/mol. The Bertz CT molecular complexity index is 738. The standard InChI is InChI=1S/C18H20O4S/c1-14-7-9-17(10-8-14)23(19,20)22-18-13-21-12-16(18)11-15-5-3-2-4-6-15/h2-10,16,18H,11-13H2,1H3/t16-,18+/m1/s1. The summed E-state index contributed by atoms with van der Waals surface area (Å²) in [6.45, 7) is 2.74. The Morgan fingerprint density at radius 1 is 1.04 bits per heavy atom. The average molecular weight is 332 g/mol. The van der Waals surface area contributed by atoms with Gasteiger partial charge >= 0.3 is 0 Å². The molecule has 2 aromatic carbocycles. The van der Waals surface area contributed by atoms with Gasteiger partial charge in [0.25, 0.3) is 10.1 Å². The summed E-state index contributed by atoms with van der Waals surface area (Å²) in [5, 5.41) is 0. The maximum absolute atomic E-state index is 12.4. The van der Waals surface area contributed by atoms with Gasteiger partial charge in [-0.1, -0.05) is 48.0 Å². The molecule has 1 heterocycles. The van der Waals surface area contributed by atoms with Crippen LogP contribution in [0.5, 0.6) is 0 Å². The smallest absolute Gasteiger partial charge is 0.297 e. The van der Waals surface area contributed by atoms with Crippen molar-refractivity contribution in [2.75, 3.05) is 13.2 Å². The van der Waals surface area contributed by atoms with E-state index in [2.05, 4.69) is 0 Å². The molecule has 3 rings (SSSR count). The van der Waals surface area contributed by atoms with E-state index in [9.17, 15) is 8.42 Å². The van der Waals surface area contributed by atoms with Gasteiger partial charge < -0.3 is 4.74 Å². The number of benzene rings is 2. The van der Waals surface area contributed by atoms with Gasteiger partial charge in [0.1, 0.15) is 6.10 Å². The Labute approximate surface area is 137 Å². The van der Waals surface area contributed by atoms with Gasteiger partial charge in [0, 0.05) is 5.92 Å². The molecule has 0 unspecified atom stereocenters. The first-order valence-electron chi connectivity index (χ1n) is 7.66. The van der Waals surface area contributed by atoms with Crippen LogP contribution in [-0.4, -0.2) is 27.7 Å². The summed E-state index contributed by atoms with van der Waals surface area (Å²) in [6, 6.07) is 16.7. The van der Waals surface area contributed by atoms with E-state index in [1.54, 1.807) is 24.3 Å². The number of aryl methyl sites for hydroxylation is 1. The summed E-state index contributed by atoms with van der Waals surface area (Å²) in [7, 11) is -3.77. The Morgan fingerprint density at radius 2 is 1.74 bits per heavy atom. The summed E-state index contributed by atoms with van der Waals surface area (Å²) >= 11 is 0.